The molecule has 4 nitrogen and oxygen atoms in total. The van der Waals surface area contributed by atoms with Gasteiger partial charge in [0.2, 0.25) is 0 Å². The second-order valence-corrected chi connectivity index (χ2v) is 9.19. The Morgan fingerprint density at radius 1 is 1.10 bits per heavy atom. The van der Waals surface area contributed by atoms with E-state index in [0.717, 1.165) is 49.1 Å². The van der Waals surface area contributed by atoms with Crippen LogP contribution in [0, 0.1) is 23.2 Å². The number of alkyl halides is 3. The van der Waals surface area contributed by atoms with Crippen molar-refractivity contribution in [2.45, 2.75) is 57.7 Å². The first-order chi connectivity index (χ1) is 13.7. The van der Waals surface area contributed by atoms with E-state index in [1.54, 1.807) is 0 Å². The third-order valence-electron chi connectivity index (χ3n) is 7.17. The predicted molar refractivity (Wildman–Crippen MR) is 99.9 cm³/mol. The van der Waals surface area contributed by atoms with Gasteiger partial charge in [0.15, 0.2) is 6.61 Å². The van der Waals surface area contributed by atoms with E-state index in [4.69, 9.17) is 4.74 Å². The lowest BCUT2D eigenvalue weighted by Gasteiger charge is -2.59. The maximum atomic E-state index is 13.1. The molecule has 0 aliphatic heterocycles. The number of esters is 1. The van der Waals surface area contributed by atoms with Crippen LogP contribution in [-0.2, 0) is 15.7 Å². The summed E-state index contributed by atoms with van der Waals surface area (Å²) >= 11 is 0. The molecule has 4 aliphatic rings. The fraction of sp³-hybridized carbons (Fsp3) is 0.636. The van der Waals surface area contributed by atoms with Crippen LogP contribution < -0.4 is 5.32 Å². The zero-order valence-corrected chi connectivity index (χ0v) is 16.4. The molecule has 0 saturated heterocycles. The zero-order chi connectivity index (χ0) is 20.8. The molecule has 1 N–H and O–H groups in total. The first-order valence-corrected chi connectivity index (χ1v) is 10.3. The fourth-order valence-corrected chi connectivity index (χ4v) is 6.26. The largest absolute Gasteiger partial charge is 0.452 e. The van der Waals surface area contributed by atoms with E-state index < -0.39 is 35.8 Å². The van der Waals surface area contributed by atoms with Crippen LogP contribution in [0.4, 0.5) is 13.2 Å². The van der Waals surface area contributed by atoms with E-state index in [-0.39, 0.29) is 11.5 Å². The molecule has 5 rings (SSSR count). The van der Waals surface area contributed by atoms with Crippen LogP contribution in [0.15, 0.2) is 24.3 Å². The fourth-order valence-electron chi connectivity index (χ4n) is 6.26. The molecular formula is C22H26F3NO3. The SMILES string of the molecule is C[C@@H](NC(=O)COC(=O)c1ccccc1C(F)(F)F)C12CC3CC(CC(C3)C1)C2. The van der Waals surface area contributed by atoms with Crippen molar-refractivity contribution in [2.24, 2.45) is 23.2 Å². The minimum absolute atomic E-state index is 0.0374. The Bertz CT molecular complexity index is 769. The third-order valence-corrected chi connectivity index (χ3v) is 7.17. The molecule has 0 aromatic heterocycles. The highest BCUT2D eigenvalue weighted by atomic mass is 19.4. The van der Waals surface area contributed by atoms with Gasteiger partial charge in [-0.15, -0.1) is 0 Å². The number of benzene rings is 1. The van der Waals surface area contributed by atoms with Gasteiger partial charge in [0.05, 0.1) is 11.1 Å². The summed E-state index contributed by atoms with van der Waals surface area (Å²) in [5, 5.41) is 2.95. The quantitative estimate of drug-likeness (QED) is 0.724. The summed E-state index contributed by atoms with van der Waals surface area (Å²) in [7, 11) is 0. The molecular weight excluding hydrogens is 383 g/mol. The molecule has 1 amide bonds. The lowest BCUT2D eigenvalue weighted by Crippen LogP contribution is -2.56. The molecule has 29 heavy (non-hydrogen) atoms. The summed E-state index contributed by atoms with van der Waals surface area (Å²) in [5.41, 5.74) is -1.54. The van der Waals surface area contributed by atoms with Crippen molar-refractivity contribution in [1.29, 1.82) is 0 Å². The molecule has 1 atom stereocenters. The first-order valence-electron chi connectivity index (χ1n) is 10.3. The van der Waals surface area contributed by atoms with Crippen LogP contribution in [-0.4, -0.2) is 24.5 Å². The molecule has 4 fully saturated rings. The van der Waals surface area contributed by atoms with Crippen LogP contribution in [0.3, 0.4) is 0 Å². The van der Waals surface area contributed by atoms with E-state index >= 15 is 0 Å². The molecule has 4 saturated carbocycles. The van der Waals surface area contributed by atoms with Gasteiger partial charge >= 0.3 is 12.1 Å². The molecule has 7 heteroatoms. The topological polar surface area (TPSA) is 55.4 Å². The monoisotopic (exact) mass is 409 g/mol. The van der Waals surface area contributed by atoms with Crippen molar-refractivity contribution in [3.05, 3.63) is 35.4 Å². The van der Waals surface area contributed by atoms with Crippen molar-refractivity contribution in [2.75, 3.05) is 6.61 Å². The summed E-state index contributed by atoms with van der Waals surface area (Å²) in [6, 6.07) is 4.39. The van der Waals surface area contributed by atoms with Crippen molar-refractivity contribution in [3.63, 3.8) is 0 Å². The average molecular weight is 409 g/mol. The Kier molecular flexibility index (Phi) is 5.11. The summed E-state index contributed by atoms with van der Waals surface area (Å²) in [5.74, 6) is 0.633. The lowest BCUT2D eigenvalue weighted by atomic mass is 9.48. The smallest absolute Gasteiger partial charge is 0.417 e. The Hall–Kier alpha value is -2.05. The van der Waals surface area contributed by atoms with E-state index in [0.29, 0.717) is 0 Å². The number of hydrogen-bond acceptors (Lipinski definition) is 3. The zero-order valence-electron chi connectivity index (χ0n) is 16.4. The van der Waals surface area contributed by atoms with Crippen molar-refractivity contribution in [3.8, 4) is 0 Å². The van der Waals surface area contributed by atoms with E-state index in [1.807, 2.05) is 6.92 Å². The normalized spacial score (nSPS) is 31.4. The highest BCUT2D eigenvalue weighted by Gasteiger charge is 2.53. The van der Waals surface area contributed by atoms with Gasteiger partial charge in [-0.2, -0.15) is 13.2 Å². The summed E-state index contributed by atoms with van der Waals surface area (Å²) in [4.78, 5) is 24.5. The molecule has 0 heterocycles. The molecule has 4 aliphatic carbocycles. The number of carbonyl (C=O) groups is 2. The van der Waals surface area contributed by atoms with E-state index in [9.17, 15) is 22.8 Å². The first kappa shape index (κ1) is 20.2. The molecule has 1 aromatic carbocycles. The second kappa shape index (κ2) is 7.33. The Morgan fingerprint density at radius 2 is 1.66 bits per heavy atom. The van der Waals surface area contributed by atoms with Gasteiger partial charge in [0.25, 0.3) is 5.91 Å². The van der Waals surface area contributed by atoms with E-state index in [1.165, 1.54) is 31.4 Å². The highest BCUT2D eigenvalue weighted by Crippen LogP contribution is 2.61. The summed E-state index contributed by atoms with van der Waals surface area (Å²) < 4.78 is 44.1. The van der Waals surface area contributed by atoms with Gasteiger partial charge in [0, 0.05) is 6.04 Å². The van der Waals surface area contributed by atoms with Crippen LogP contribution in [0.5, 0.6) is 0 Å². The van der Waals surface area contributed by atoms with E-state index in [2.05, 4.69) is 5.32 Å². The van der Waals surface area contributed by atoms with Gasteiger partial charge in [-0.1, -0.05) is 12.1 Å². The van der Waals surface area contributed by atoms with Crippen molar-refractivity contribution < 1.29 is 27.5 Å². The van der Waals surface area contributed by atoms with Crippen LogP contribution in [0.1, 0.15) is 61.4 Å². The summed E-state index contributed by atoms with van der Waals surface area (Å²) in [6.07, 6.45) is 2.62. The Labute approximate surface area is 168 Å². The third kappa shape index (κ3) is 4.01. The van der Waals surface area contributed by atoms with Gasteiger partial charge in [0.1, 0.15) is 0 Å². The maximum absolute atomic E-state index is 13.1. The Balaban J connectivity index is 1.35. The summed E-state index contributed by atoms with van der Waals surface area (Å²) in [6.45, 7) is 1.42. The molecule has 0 unspecified atom stereocenters. The second-order valence-electron chi connectivity index (χ2n) is 9.19. The van der Waals surface area contributed by atoms with Gasteiger partial charge in [-0.25, -0.2) is 4.79 Å². The molecule has 0 radical (unpaired) electrons. The van der Waals surface area contributed by atoms with Crippen molar-refractivity contribution in [1.82, 2.24) is 5.32 Å². The number of amides is 1. The number of ether oxygens (including phenoxy) is 1. The standard InChI is InChI=1S/C22H26F3NO3/c1-13(21-9-14-6-15(10-21)8-16(7-14)11-21)26-19(27)12-29-20(28)17-4-2-3-5-18(17)22(23,24)25/h2-5,13-16H,6-12H2,1H3,(H,26,27)/t13-,14?,15?,16?,21?/m1/s1. The minimum Gasteiger partial charge on any atom is -0.452 e. The molecule has 0 spiro atoms. The van der Waals surface area contributed by atoms with Gasteiger partial charge in [-0.05, 0) is 80.8 Å². The average Bonchev–Trinajstić information content (AvgIpc) is 2.64. The predicted octanol–water partition coefficient (Wildman–Crippen LogP) is 4.58. The van der Waals surface area contributed by atoms with Crippen molar-refractivity contribution >= 4 is 11.9 Å². The number of hydrogen-bond donors (Lipinski definition) is 1. The number of halogens is 3. The Morgan fingerprint density at radius 3 is 2.21 bits per heavy atom. The molecule has 4 bridgehead atoms. The van der Waals surface area contributed by atoms with Gasteiger partial charge in [-0.3, -0.25) is 4.79 Å². The number of nitrogens with one attached hydrogen (secondary N) is 1. The van der Waals surface area contributed by atoms with Crippen LogP contribution in [0.25, 0.3) is 0 Å². The number of rotatable bonds is 5. The molecule has 1 aromatic rings. The van der Waals surface area contributed by atoms with Crippen LogP contribution in [0.2, 0.25) is 0 Å². The molecule has 158 valence electrons. The number of carbonyl (C=O) groups excluding carboxylic acids is 2. The minimum atomic E-state index is -4.66. The highest BCUT2D eigenvalue weighted by molar-refractivity contribution is 5.93. The van der Waals surface area contributed by atoms with Crippen LogP contribution >= 0.6 is 0 Å². The van der Waals surface area contributed by atoms with Gasteiger partial charge < -0.3 is 10.1 Å². The maximum Gasteiger partial charge on any atom is 0.417 e. The lowest BCUT2D eigenvalue weighted by molar-refractivity contribution is -0.138.